The third-order valence-electron chi connectivity index (χ3n) is 3.73. The Bertz CT molecular complexity index is 818. The maximum Gasteiger partial charge on any atom is 0.243 e. The van der Waals surface area contributed by atoms with Crippen LogP contribution in [0.3, 0.4) is 0 Å². The number of halogens is 1. The predicted octanol–water partition coefficient (Wildman–Crippen LogP) is 3.08. The van der Waals surface area contributed by atoms with Crippen LogP contribution in [0.4, 0.5) is 0 Å². The molecule has 0 aromatic heterocycles. The number of likely N-dealkylation sites (N-methyl/N-ethyl adjacent to an activating group) is 1. The average Bonchev–Trinajstić information content (AvgIpc) is 2.59. The molecule has 0 unspecified atom stereocenters. The minimum absolute atomic E-state index is 0.170. The van der Waals surface area contributed by atoms with Crippen LogP contribution in [0.5, 0.6) is 0 Å². The number of hydrogen-bond acceptors (Lipinski definition) is 3. The van der Waals surface area contributed by atoms with E-state index in [0.717, 1.165) is 15.6 Å². The summed E-state index contributed by atoms with van der Waals surface area (Å²) in [6.07, 6.45) is 0. The van der Waals surface area contributed by atoms with Crippen molar-refractivity contribution in [2.45, 2.75) is 25.3 Å². The second-order valence-corrected chi connectivity index (χ2v) is 8.50. The van der Waals surface area contributed by atoms with Gasteiger partial charge in [0.2, 0.25) is 15.9 Å². The van der Waals surface area contributed by atoms with Crippen LogP contribution < -0.4 is 5.32 Å². The first kappa shape index (κ1) is 19.6. The lowest BCUT2D eigenvalue weighted by Gasteiger charge is -2.20. The summed E-state index contributed by atoms with van der Waals surface area (Å²) in [5.41, 5.74) is 2.12. The molecular formula is C18H21BrN2O3S. The second-order valence-electron chi connectivity index (χ2n) is 5.65. The first-order valence-electron chi connectivity index (χ1n) is 7.91. The van der Waals surface area contributed by atoms with Gasteiger partial charge in [0, 0.05) is 17.6 Å². The molecule has 0 radical (unpaired) electrons. The van der Waals surface area contributed by atoms with Crippen molar-refractivity contribution in [2.24, 2.45) is 0 Å². The number of hydrogen-bond donors (Lipinski definition) is 1. The van der Waals surface area contributed by atoms with Gasteiger partial charge in [-0.05, 0) is 36.8 Å². The Hall–Kier alpha value is -1.70. The molecule has 0 bridgehead atoms. The normalized spacial score (nSPS) is 11.5. The summed E-state index contributed by atoms with van der Waals surface area (Å²) in [5, 5.41) is 2.76. The van der Waals surface area contributed by atoms with E-state index >= 15 is 0 Å². The average molecular weight is 425 g/mol. The van der Waals surface area contributed by atoms with Crippen molar-refractivity contribution in [2.75, 3.05) is 13.1 Å². The summed E-state index contributed by atoms with van der Waals surface area (Å²) in [6, 6.07) is 14.2. The molecule has 1 N–H and O–H groups in total. The molecule has 2 rings (SSSR count). The monoisotopic (exact) mass is 424 g/mol. The van der Waals surface area contributed by atoms with E-state index < -0.39 is 10.0 Å². The molecule has 0 atom stereocenters. The van der Waals surface area contributed by atoms with Crippen LogP contribution in [-0.2, 0) is 21.4 Å². The SMILES string of the molecule is CCN(CC(=O)NCc1ccc(C)cc1)S(=O)(=O)c1ccc(Br)cc1. The molecule has 0 aliphatic heterocycles. The largest absolute Gasteiger partial charge is 0.351 e. The van der Waals surface area contributed by atoms with Gasteiger partial charge in [-0.3, -0.25) is 4.79 Å². The molecule has 2 aromatic carbocycles. The maximum atomic E-state index is 12.7. The Morgan fingerprint density at radius 1 is 1.08 bits per heavy atom. The van der Waals surface area contributed by atoms with E-state index in [9.17, 15) is 13.2 Å². The summed E-state index contributed by atoms with van der Waals surface area (Å²) in [4.78, 5) is 12.3. The number of nitrogens with zero attached hydrogens (tertiary/aromatic N) is 1. The number of aryl methyl sites for hydroxylation is 1. The highest BCUT2D eigenvalue weighted by Crippen LogP contribution is 2.18. The smallest absolute Gasteiger partial charge is 0.243 e. The third kappa shape index (κ3) is 5.39. The highest BCUT2D eigenvalue weighted by molar-refractivity contribution is 9.10. The Morgan fingerprint density at radius 2 is 1.68 bits per heavy atom. The Kier molecular flexibility index (Phi) is 6.75. The summed E-state index contributed by atoms with van der Waals surface area (Å²) < 4.78 is 27.3. The van der Waals surface area contributed by atoms with Crippen molar-refractivity contribution in [1.82, 2.24) is 9.62 Å². The fourth-order valence-corrected chi connectivity index (χ4v) is 3.91. The van der Waals surface area contributed by atoms with E-state index in [4.69, 9.17) is 0 Å². The lowest BCUT2D eigenvalue weighted by Crippen LogP contribution is -2.40. The fraction of sp³-hybridized carbons (Fsp3) is 0.278. The Labute approximate surface area is 157 Å². The number of amides is 1. The standard InChI is InChI=1S/C18H21BrN2O3S/c1-3-21(25(23,24)17-10-8-16(19)9-11-17)13-18(22)20-12-15-6-4-14(2)5-7-15/h4-11H,3,12-13H2,1-2H3,(H,20,22). The zero-order chi connectivity index (χ0) is 18.4. The van der Waals surface area contributed by atoms with Crippen LogP contribution >= 0.6 is 15.9 Å². The van der Waals surface area contributed by atoms with Gasteiger partial charge < -0.3 is 5.32 Å². The van der Waals surface area contributed by atoms with Gasteiger partial charge >= 0.3 is 0 Å². The molecule has 0 aliphatic rings. The summed E-state index contributed by atoms with van der Waals surface area (Å²) in [7, 11) is -3.70. The van der Waals surface area contributed by atoms with Gasteiger partial charge in [0.1, 0.15) is 0 Å². The molecule has 1 amide bonds. The Morgan fingerprint density at radius 3 is 2.24 bits per heavy atom. The summed E-state index contributed by atoms with van der Waals surface area (Å²) >= 11 is 3.28. The molecular weight excluding hydrogens is 404 g/mol. The summed E-state index contributed by atoms with van der Waals surface area (Å²) in [5.74, 6) is -0.330. The number of sulfonamides is 1. The van der Waals surface area contributed by atoms with Crippen LogP contribution in [0.1, 0.15) is 18.1 Å². The molecule has 5 nitrogen and oxygen atoms in total. The number of benzene rings is 2. The molecule has 0 fully saturated rings. The van der Waals surface area contributed by atoms with Crippen LogP contribution in [0, 0.1) is 6.92 Å². The van der Waals surface area contributed by atoms with Gasteiger partial charge in [-0.1, -0.05) is 52.7 Å². The van der Waals surface area contributed by atoms with Gasteiger partial charge in [0.05, 0.1) is 11.4 Å². The number of nitrogens with one attached hydrogen (secondary N) is 1. The third-order valence-corrected chi connectivity index (χ3v) is 6.20. The molecule has 0 saturated heterocycles. The van der Waals surface area contributed by atoms with Crippen molar-refractivity contribution in [3.8, 4) is 0 Å². The molecule has 0 spiro atoms. The van der Waals surface area contributed by atoms with Crippen LogP contribution in [0.15, 0.2) is 57.9 Å². The van der Waals surface area contributed by atoms with Gasteiger partial charge in [-0.2, -0.15) is 4.31 Å². The van der Waals surface area contributed by atoms with Crippen molar-refractivity contribution in [3.63, 3.8) is 0 Å². The fourth-order valence-electron chi connectivity index (χ4n) is 2.25. The minimum Gasteiger partial charge on any atom is -0.351 e. The van der Waals surface area contributed by atoms with Crippen molar-refractivity contribution in [1.29, 1.82) is 0 Å². The Balaban J connectivity index is 2.01. The van der Waals surface area contributed by atoms with Gasteiger partial charge in [0.15, 0.2) is 0 Å². The van der Waals surface area contributed by atoms with Crippen molar-refractivity contribution >= 4 is 31.9 Å². The van der Waals surface area contributed by atoms with Gasteiger partial charge in [0.25, 0.3) is 0 Å². The highest BCUT2D eigenvalue weighted by Gasteiger charge is 2.25. The molecule has 25 heavy (non-hydrogen) atoms. The van der Waals surface area contributed by atoms with Crippen LogP contribution in [0.25, 0.3) is 0 Å². The van der Waals surface area contributed by atoms with E-state index in [1.807, 2.05) is 31.2 Å². The van der Waals surface area contributed by atoms with E-state index in [0.29, 0.717) is 6.54 Å². The maximum absolute atomic E-state index is 12.7. The van der Waals surface area contributed by atoms with E-state index in [-0.39, 0.29) is 23.9 Å². The van der Waals surface area contributed by atoms with Crippen LogP contribution in [-0.4, -0.2) is 31.7 Å². The van der Waals surface area contributed by atoms with Crippen molar-refractivity contribution in [3.05, 3.63) is 64.1 Å². The van der Waals surface area contributed by atoms with E-state index in [1.165, 1.54) is 16.4 Å². The predicted molar refractivity (Wildman–Crippen MR) is 102 cm³/mol. The summed E-state index contributed by atoms with van der Waals surface area (Å²) in [6.45, 7) is 4.09. The van der Waals surface area contributed by atoms with Gasteiger partial charge in [-0.25, -0.2) is 8.42 Å². The molecule has 0 aliphatic carbocycles. The number of carbonyl (C=O) groups is 1. The lowest BCUT2D eigenvalue weighted by molar-refractivity contribution is -0.121. The lowest BCUT2D eigenvalue weighted by atomic mass is 10.1. The van der Waals surface area contributed by atoms with Gasteiger partial charge in [-0.15, -0.1) is 0 Å². The number of rotatable bonds is 7. The molecule has 2 aromatic rings. The highest BCUT2D eigenvalue weighted by atomic mass is 79.9. The topological polar surface area (TPSA) is 66.5 Å². The second kappa shape index (κ2) is 8.60. The van der Waals surface area contributed by atoms with Crippen LogP contribution in [0.2, 0.25) is 0 Å². The quantitative estimate of drug-likeness (QED) is 0.742. The van der Waals surface area contributed by atoms with E-state index in [2.05, 4.69) is 21.2 Å². The molecule has 0 heterocycles. The zero-order valence-electron chi connectivity index (χ0n) is 14.2. The minimum atomic E-state index is -3.70. The molecule has 134 valence electrons. The van der Waals surface area contributed by atoms with Crippen molar-refractivity contribution < 1.29 is 13.2 Å². The first-order valence-corrected chi connectivity index (χ1v) is 10.1. The molecule has 0 saturated carbocycles. The first-order chi connectivity index (χ1) is 11.8. The van der Waals surface area contributed by atoms with E-state index in [1.54, 1.807) is 19.1 Å². The zero-order valence-corrected chi connectivity index (χ0v) is 16.6. The number of carbonyl (C=O) groups excluding carboxylic acids is 1. The molecule has 7 heteroatoms.